The summed E-state index contributed by atoms with van der Waals surface area (Å²) in [5.74, 6) is 2.66. The maximum Gasteiger partial charge on any atom is 0.0567 e. The van der Waals surface area contributed by atoms with Crippen molar-refractivity contribution in [3.8, 4) is 0 Å². The highest BCUT2D eigenvalue weighted by Crippen LogP contribution is 2.34. The van der Waals surface area contributed by atoms with Gasteiger partial charge in [-0.15, -0.1) is 0 Å². The lowest BCUT2D eigenvalue weighted by atomic mass is 9.79. The Hall–Kier alpha value is 0.700. The van der Waals surface area contributed by atoms with E-state index in [9.17, 15) is 0 Å². The minimum absolute atomic E-state index is 0.798. The van der Waals surface area contributed by atoms with Crippen LogP contribution in [0.5, 0.6) is 0 Å². The van der Waals surface area contributed by atoms with Gasteiger partial charge in [-0.1, -0.05) is 19.9 Å². The lowest BCUT2D eigenvalue weighted by Gasteiger charge is -2.27. The molecule has 1 aliphatic rings. The molecule has 14 heavy (non-hydrogen) atoms. The number of rotatable bonds is 3. The molecule has 0 saturated heterocycles. The Bertz CT molecular complexity index is 184. The van der Waals surface area contributed by atoms with Crippen molar-refractivity contribution in [1.82, 2.24) is 0 Å². The predicted molar refractivity (Wildman–Crippen MR) is 70.8 cm³/mol. The van der Waals surface area contributed by atoms with E-state index in [0.717, 1.165) is 21.1 Å². The van der Waals surface area contributed by atoms with E-state index in [1.807, 2.05) is 0 Å². The summed E-state index contributed by atoms with van der Waals surface area (Å²) in [5, 5.41) is 0. The topological polar surface area (TPSA) is 0 Å². The molecule has 1 rings (SSSR count). The standard InChI is InChI=1S/C12H20Br2/c1-9(2)7-10-3-5-11(6-4-10)8-12(13)14/h8-11H,3-7H2,1-2H3/t10-,11+. The molecular formula is C12H20Br2. The van der Waals surface area contributed by atoms with Gasteiger partial charge in [-0.25, -0.2) is 0 Å². The van der Waals surface area contributed by atoms with Crippen LogP contribution in [0.1, 0.15) is 46.0 Å². The van der Waals surface area contributed by atoms with Crippen LogP contribution in [0.4, 0.5) is 0 Å². The molecule has 1 saturated carbocycles. The van der Waals surface area contributed by atoms with E-state index in [1.165, 1.54) is 32.1 Å². The third-order valence-electron chi connectivity index (χ3n) is 3.06. The Labute approximate surface area is 105 Å². The Morgan fingerprint density at radius 2 is 1.79 bits per heavy atom. The molecule has 0 aromatic heterocycles. The molecule has 0 amide bonds. The first-order valence-electron chi connectivity index (χ1n) is 5.60. The van der Waals surface area contributed by atoms with E-state index in [0.29, 0.717) is 0 Å². The quantitative estimate of drug-likeness (QED) is 0.646. The fourth-order valence-corrected chi connectivity index (χ4v) is 3.18. The Kier molecular flexibility index (Phi) is 5.76. The van der Waals surface area contributed by atoms with Gasteiger partial charge < -0.3 is 0 Å². The van der Waals surface area contributed by atoms with Gasteiger partial charge in [0, 0.05) is 0 Å². The summed E-state index contributed by atoms with van der Waals surface area (Å²) in [6.45, 7) is 4.67. The maximum atomic E-state index is 3.44. The van der Waals surface area contributed by atoms with Crippen molar-refractivity contribution in [2.45, 2.75) is 46.0 Å². The van der Waals surface area contributed by atoms with Gasteiger partial charge in [-0.2, -0.15) is 0 Å². The molecule has 0 nitrogen and oxygen atoms in total. The van der Waals surface area contributed by atoms with Gasteiger partial charge in [0.25, 0.3) is 0 Å². The number of allylic oxidation sites excluding steroid dienone is 1. The summed E-state index contributed by atoms with van der Waals surface area (Å²) in [5.41, 5.74) is 0. The number of halogens is 2. The zero-order valence-corrected chi connectivity index (χ0v) is 12.3. The molecular weight excluding hydrogens is 304 g/mol. The Morgan fingerprint density at radius 3 is 2.21 bits per heavy atom. The van der Waals surface area contributed by atoms with Gasteiger partial charge in [0.05, 0.1) is 3.39 Å². The van der Waals surface area contributed by atoms with E-state index >= 15 is 0 Å². The molecule has 0 aromatic carbocycles. The van der Waals surface area contributed by atoms with Gasteiger partial charge >= 0.3 is 0 Å². The molecule has 0 aliphatic heterocycles. The van der Waals surface area contributed by atoms with Crippen molar-refractivity contribution in [3.05, 3.63) is 9.47 Å². The summed E-state index contributed by atoms with van der Waals surface area (Å²) >= 11 is 6.89. The van der Waals surface area contributed by atoms with Gasteiger partial charge in [0.15, 0.2) is 0 Å². The molecule has 0 spiro atoms. The van der Waals surface area contributed by atoms with Gasteiger partial charge in [0.1, 0.15) is 0 Å². The second kappa shape index (κ2) is 6.32. The molecule has 82 valence electrons. The Morgan fingerprint density at radius 1 is 1.21 bits per heavy atom. The molecule has 1 aliphatic carbocycles. The van der Waals surface area contributed by atoms with E-state index in [1.54, 1.807) is 0 Å². The third-order valence-corrected chi connectivity index (χ3v) is 3.59. The third kappa shape index (κ3) is 4.97. The van der Waals surface area contributed by atoms with Crippen LogP contribution in [0.3, 0.4) is 0 Å². The van der Waals surface area contributed by atoms with Crippen LogP contribution in [0.15, 0.2) is 9.47 Å². The predicted octanol–water partition coefficient (Wildman–Crippen LogP) is 5.47. The largest absolute Gasteiger partial charge is 0.0628 e. The monoisotopic (exact) mass is 322 g/mol. The van der Waals surface area contributed by atoms with Gasteiger partial charge in [-0.05, 0) is 81.7 Å². The minimum atomic E-state index is 0.798. The molecule has 0 atom stereocenters. The van der Waals surface area contributed by atoms with E-state index in [-0.39, 0.29) is 0 Å². The lowest BCUT2D eigenvalue weighted by molar-refractivity contribution is 0.271. The van der Waals surface area contributed by atoms with Crippen molar-refractivity contribution in [1.29, 1.82) is 0 Å². The average molecular weight is 324 g/mol. The van der Waals surface area contributed by atoms with Crippen LogP contribution in [0.25, 0.3) is 0 Å². The first-order chi connectivity index (χ1) is 6.58. The first-order valence-corrected chi connectivity index (χ1v) is 7.19. The van der Waals surface area contributed by atoms with Gasteiger partial charge in [-0.3, -0.25) is 0 Å². The molecule has 0 unspecified atom stereocenters. The second-order valence-electron chi connectivity index (χ2n) is 4.87. The van der Waals surface area contributed by atoms with Gasteiger partial charge in [0.2, 0.25) is 0 Å². The highest BCUT2D eigenvalue weighted by atomic mass is 79.9. The molecule has 2 heteroatoms. The summed E-state index contributed by atoms with van der Waals surface area (Å²) < 4.78 is 1.12. The van der Waals surface area contributed by atoms with Crippen molar-refractivity contribution in [3.63, 3.8) is 0 Å². The molecule has 0 bridgehead atoms. The fourth-order valence-electron chi connectivity index (χ4n) is 2.44. The van der Waals surface area contributed by atoms with E-state index in [2.05, 4.69) is 51.8 Å². The lowest BCUT2D eigenvalue weighted by Crippen LogP contribution is -2.14. The van der Waals surface area contributed by atoms with Crippen molar-refractivity contribution < 1.29 is 0 Å². The zero-order chi connectivity index (χ0) is 10.6. The van der Waals surface area contributed by atoms with Crippen molar-refractivity contribution in [2.75, 3.05) is 0 Å². The van der Waals surface area contributed by atoms with Crippen molar-refractivity contribution in [2.24, 2.45) is 17.8 Å². The maximum absolute atomic E-state index is 3.44. The van der Waals surface area contributed by atoms with Crippen molar-refractivity contribution >= 4 is 31.9 Å². The van der Waals surface area contributed by atoms with E-state index < -0.39 is 0 Å². The highest BCUT2D eigenvalue weighted by Gasteiger charge is 2.20. The summed E-state index contributed by atoms with van der Waals surface area (Å²) in [6.07, 6.45) is 9.33. The van der Waals surface area contributed by atoms with Crippen LogP contribution in [0.2, 0.25) is 0 Å². The second-order valence-corrected chi connectivity index (χ2v) is 7.64. The first kappa shape index (κ1) is 12.8. The number of hydrogen-bond acceptors (Lipinski definition) is 0. The van der Waals surface area contributed by atoms with Crippen LogP contribution < -0.4 is 0 Å². The molecule has 0 N–H and O–H groups in total. The SMILES string of the molecule is CC(C)C[C@H]1CC[C@@H](C=C(Br)Br)CC1. The molecule has 0 radical (unpaired) electrons. The van der Waals surface area contributed by atoms with E-state index in [4.69, 9.17) is 0 Å². The van der Waals surface area contributed by atoms with Crippen LogP contribution in [-0.4, -0.2) is 0 Å². The molecule has 1 fully saturated rings. The van der Waals surface area contributed by atoms with Crippen LogP contribution in [-0.2, 0) is 0 Å². The molecule has 0 aromatic rings. The fraction of sp³-hybridized carbons (Fsp3) is 0.833. The summed E-state index contributed by atoms with van der Waals surface area (Å²) in [6, 6.07) is 0. The minimum Gasteiger partial charge on any atom is -0.0628 e. The van der Waals surface area contributed by atoms with Crippen LogP contribution in [0, 0.1) is 17.8 Å². The average Bonchev–Trinajstić information content (AvgIpc) is 2.06. The van der Waals surface area contributed by atoms with Crippen LogP contribution >= 0.6 is 31.9 Å². The highest BCUT2D eigenvalue weighted by molar-refractivity contribution is 9.28. The summed E-state index contributed by atoms with van der Waals surface area (Å²) in [7, 11) is 0. The summed E-state index contributed by atoms with van der Waals surface area (Å²) in [4.78, 5) is 0. The zero-order valence-electron chi connectivity index (χ0n) is 9.10. The Balaban J connectivity index is 2.28. The number of hydrogen-bond donors (Lipinski definition) is 0. The molecule has 0 heterocycles. The normalized spacial score (nSPS) is 27.8. The smallest absolute Gasteiger partial charge is 0.0567 e.